The number of rotatable bonds is 8. The Morgan fingerprint density at radius 1 is 1.25 bits per heavy atom. The van der Waals surface area contributed by atoms with Gasteiger partial charge in [0.1, 0.15) is 0 Å². The molecule has 0 aromatic carbocycles. The summed E-state index contributed by atoms with van der Waals surface area (Å²) in [5, 5.41) is 0. The van der Waals surface area contributed by atoms with Crippen LogP contribution in [0.3, 0.4) is 0 Å². The molecular formula is C9H22N2O. The molecule has 3 nitrogen and oxygen atoms in total. The maximum absolute atomic E-state index is 5.43. The van der Waals surface area contributed by atoms with Crippen LogP contribution in [0, 0.1) is 0 Å². The maximum atomic E-state index is 5.43. The van der Waals surface area contributed by atoms with E-state index in [-0.39, 0.29) is 0 Å². The molecule has 0 aliphatic rings. The summed E-state index contributed by atoms with van der Waals surface area (Å²) in [4.78, 5) is 2.36. The van der Waals surface area contributed by atoms with E-state index in [1.54, 1.807) is 0 Å². The van der Waals surface area contributed by atoms with Crippen LogP contribution in [-0.4, -0.2) is 44.3 Å². The summed E-state index contributed by atoms with van der Waals surface area (Å²) in [6, 6.07) is 0. The molecule has 0 fully saturated rings. The Balaban J connectivity index is 3.26. The summed E-state index contributed by atoms with van der Waals surface area (Å²) in [5.41, 5.74) is 5.43. The Morgan fingerprint density at radius 2 is 2.00 bits per heavy atom. The van der Waals surface area contributed by atoms with E-state index in [0.717, 1.165) is 45.8 Å². The summed E-state index contributed by atoms with van der Waals surface area (Å²) in [6.45, 7) is 9.85. The van der Waals surface area contributed by atoms with Crippen molar-refractivity contribution < 1.29 is 4.74 Å². The van der Waals surface area contributed by atoms with Gasteiger partial charge >= 0.3 is 0 Å². The molecule has 74 valence electrons. The molecular weight excluding hydrogens is 152 g/mol. The quantitative estimate of drug-likeness (QED) is 0.550. The molecule has 12 heavy (non-hydrogen) atoms. The van der Waals surface area contributed by atoms with Crippen LogP contribution in [0.5, 0.6) is 0 Å². The molecule has 0 amide bonds. The molecule has 2 N–H and O–H groups in total. The largest absolute Gasteiger partial charge is 0.380 e. The van der Waals surface area contributed by atoms with Gasteiger partial charge in [-0.2, -0.15) is 0 Å². The van der Waals surface area contributed by atoms with Crippen molar-refractivity contribution in [3.63, 3.8) is 0 Å². The summed E-state index contributed by atoms with van der Waals surface area (Å²) in [6.07, 6.45) is 1.08. The van der Waals surface area contributed by atoms with Gasteiger partial charge in [-0.15, -0.1) is 0 Å². The van der Waals surface area contributed by atoms with E-state index in [9.17, 15) is 0 Å². The molecule has 0 aromatic rings. The Morgan fingerprint density at radius 3 is 2.50 bits per heavy atom. The van der Waals surface area contributed by atoms with Gasteiger partial charge in [-0.1, -0.05) is 6.92 Å². The van der Waals surface area contributed by atoms with Gasteiger partial charge in [-0.3, -0.25) is 0 Å². The topological polar surface area (TPSA) is 38.5 Å². The SMILES string of the molecule is CCOCCN(CC)CCCN. The van der Waals surface area contributed by atoms with Crippen LogP contribution in [0.15, 0.2) is 0 Å². The fourth-order valence-corrected chi connectivity index (χ4v) is 1.08. The Bertz CT molecular complexity index is 88.6. The lowest BCUT2D eigenvalue weighted by Crippen LogP contribution is -2.29. The van der Waals surface area contributed by atoms with Crippen molar-refractivity contribution in [1.29, 1.82) is 0 Å². The predicted molar refractivity (Wildman–Crippen MR) is 52.3 cm³/mol. The average Bonchev–Trinajstić information content (AvgIpc) is 2.11. The first-order valence-corrected chi connectivity index (χ1v) is 4.85. The second-order valence-corrected chi connectivity index (χ2v) is 2.77. The first-order chi connectivity index (χ1) is 5.85. The average molecular weight is 174 g/mol. The predicted octanol–water partition coefficient (Wildman–Crippen LogP) is 0.694. The van der Waals surface area contributed by atoms with Crippen molar-refractivity contribution in [1.82, 2.24) is 4.90 Å². The van der Waals surface area contributed by atoms with Gasteiger partial charge in [-0.05, 0) is 33.0 Å². The van der Waals surface area contributed by atoms with Crippen molar-refractivity contribution in [2.75, 3.05) is 39.4 Å². The lowest BCUT2D eigenvalue weighted by atomic mass is 10.4. The second-order valence-electron chi connectivity index (χ2n) is 2.77. The highest BCUT2D eigenvalue weighted by Gasteiger charge is 1.99. The normalized spacial score (nSPS) is 11.0. The molecule has 0 bridgehead atoms. The molecule has 0 saturated heterocycles. The van der Waals surface area contributed by atoms with Gasteiger partial charge < -0.3 is 15.4 Å². The van der Waals surface area contributed by atoms with Gasteiger partial charge in [0.25, 0.3) is 0 Å². The number of nitrogens with zero attached hydrogens (tertiary/aromatic N) is 1. The van der Waals surface area contributed by atoms with E-state index < -0.39 is 0 Å². The first kappa shape index (κ1) is 11.9. The number of hydrogen-bond acceptors (Lipinski definition) is 3. The summed E-state index contributed by atoms with van der Waals surface area (Å²) in [7, 11) is 0. The van der Waals surface area contributed by atoms with Crippen molar-refractivity contribution in [3.05, 3.63) is 0 Å². The third kappa shape index (κ3) is 6.58. The molecule has 0 rings (SSSR count). The van der Waals surface area contributed by atoms with Crippen LogP contribution in [0.1, 0.15) is 20.3 Å². The Kier molecular flexibility index (Phi) is 8.88. The highest BCUT2D eigenvalue weighted by Crippen LogP contribution is 1.90. The van der Waals surface area contributed by atoms with Crippen molar-refractivity contribution in [3.8, 4) is 0 Å². The fourth-order valence-electron chi connectivity index (χ4n) is 1.08. The minimum Gasteiger partial charge on any atom is -0.380 e. The van der Waals surface area contributed by atoms with Gasteiger partial charge in [0.15, 0.2) is 0 Å². The van der Waals surface area contributed by atoms with E-state index in [4.69, 9.17) is 10.5 Å². The molecule has 0 aromatic heterocycles. The van der Waals surface area contributed by atoms with E-state index >= 15 is 0 Å². The first-order valence-electron chi connectivity index (χ1n) is 4.85. The van der Waals surface area contributed by atoms with Gasteiger partial charge in [0, 0.05) is 13.2 Å². The zero-order valence-corrected chi connectivity index (χ0v) is 8.38. The standard InChI is InChI=1S/C9H22N2O/c1-3-11(7-5-6-10)8-9-12-4-2/h3-10H2,1-2H3. The van der Waals surface area contributed by atoms with Gasteiger partial charge in [-0.25, -0.2) is 0 Å². The minimum absolute atomic E-state index is 0.783. The highest BCUT2D eigenvalue weighted by atomic mass is 16.5. The fraction of sp³-hybridized carbons (Fsp3) is 1.00. The second kappa shape index (κ2) is 8.97. The summed E-state index contributed by atoms with van der Waals surface area (Å²) in [5.74, 6) is 0. The summed E-state index contributed by atoms with van der Waals surface area (Å²) >= 11 is 0. The minimum atomic E-state index is 0.783. The van der Waals surface area contributed by atoms with E-state index in [0.29, 0.717) is 0 Å². The molecule has 0 atom stereocenters. The third-order valence-corrected chi connectivity index (χ3v) is 1.88. The van der Waals surface area contributed by atoms with E-state index in [1.165, 1.54) is 0 Å². The van der Waals surface area contributed by atoms with Gasteiger partial charge in [0.2, 0.25) is 0 Å². The number of nitrogens with two attached hydrogens (primary N) is 1. The molecule has 3 heteroatoms. The summed E-state index contributed by atoms with van der Waals surface area (Å²) < 4.78 is 5.27. The molecule has 0 radical (unpaired) electrons. The molecule has 0 aliphatic heterocycles. The lowest BCUT2D eigenvalue weighted by molar-refractivity contribution is 0.115. The Hall–Kier alpha value is -0.120. The van der Waals surface area contributed by atoms with E-state index in [2.05, 4.69) is 11.8 Å². The number of likely N-dealkylation sites (N-methyl/N-ethyl adjacent to an activating group) is 1. The van der Waals surface area contributed by atoms with Crippen molar-refractivity contribution in [2.45, 2.75) is 20.3 Å². The van der Waals surface area contributed by atoms with Gasteiger partial charge in [0.05, 0.1) is 6.61 Å². The molecule has 0 saturated carbocycles. The number of hydrogen-bond donors (Lipinski definition) is 1. The molecule has 0 heterocycles. The smallest absolute Gasteiger partial charge is 0.0593 e. The third-order valence-electron chi connectivity index (χ3n) is 1.88. The van der Waals surface area contributed by atoms with Crippen LogP contribution in [0.4, 0.5) is 0 Å². The van der Waals surface area contributed by atoms with Crippen molar-refractivity contribution >= 4 is 0 Å². The van der Waals surface area contributed by atoms with Crippen LogP contribution >= 0.6 is 0 Å². The highest BCUT2D eigenvalue weighted by molar-refractivity contribution is 4.54. The molecule has 0 aliphatic carbocycles. The number of ether oxygens (including phenoxy) is 1. The van der Waals surface area contributed by atoms with Crippen LogP contribution in [0.2, 0.25) is 0 Å². The van der Waals surface area contributed by atoms with Crippen LogP contribution in [-0.2, 0) is 4.74 Å². The molecule has 0 spiro atoms. The monoisotopic (exact) mass is 174 g/mol. The zero-order valence-electron chi connectivity index (χ0n) is 8.38. The van der Waals surface area contributed by atoms with Crippen LogP contribution < -0.4 is 5.73 Å². The zero-order chi connectivity index (χ0) is 9.23. The lowest BCUT2D eigenvalue weighted by Gasteiger charge is -2.19. The van der Waals surface area contributed by atoms with Crippen LogP contribution in [0.25, 0.3) is 0 Å². The van der Waals surface area contributed by atoms with Crippen molar-refractivity contribution in [2.24, 2.45) is 5.73 Å². The molecule has 0 unspecified atom stereocenters. The maximum Gasteiger partial charge on any atom is 0.0593 e. The van der Waals surface area contributed by atoms with E-state index in [1.807, 2.05) is 6.92 Å². The Labute approximate surface area is 75.9 Å².